The second-order valence-electron chi connectivity index (χ2n) is 4.90. The van der Waals surface area contributed by atoms with Gasteiger partial charge in [-0.25, -0.2) is 5.43 Å². The van der Waals surface area contributed by atoms with Gasteiger partial charge in [0.15, 0.2) is 11.5 Å². The number of aryl methyl sites for hydroxylation is 1. The van der Waals surface area contributed by atoms with E-state index in [4.69, 9.17) is 4.74 Å². The number of phenolic OH excluding ortho intramolecular Hbond substituents is 1. The van der Waals surface area contributed by atoms with Crippen LogP contribution in [0.15, 0.2) is 47.6 Å². The summed E-state index contributed by atoms with van der Waals surface area (Å²) < 4.78 is 4.97. The number of phenols is 1. The van der Waals surface area contributed by atoms with Gasteiger partial charge in [0.05, 0.1) is 13.3 Å². The molecule has 24 heavy (non-hydrogen) atoms. The number of amides is 2. The minimum Gasteiger partial charge on any atom is -0.504 e. The number of carbonyl (C=O) groups is 2. The van der Waals surface area contributed by atoms with Gasteiger partial charge in [-0.2, -0.15) is 5.10 Å². The number of hydrogen-bond donors (Lipinski definition) is 3. The lowest BCUT2D eigenvalue weighted by Gasteiger charge is -2.06. The van der Waals surface area contributed by atoms with Crippen LogP contribution < -0.4 is 15.5 Å². The van der Waals surface area contributed by atoms with Gasteiger partial charge < -0.3 is 15.2 Å². The third kappa shape index (κ3) is 4.33. The van der Waals surface area contributed by atoms with E-state index in [-0.39, 0.29) is 11.5 Å². The molecule has 0 bridgehead atoms. The zero-order chi connectivity index (χ0) is 17.5. The largest absolute Gasteiger partial charge is 0.504 e. The van der Waals surface area contributed by atoms with Crippen molar-refractivity contribution in [3.8, 4) is 11.5 Å². The molecule has 0 aliphatic carbocycles. The quantitative estimate of drug-likeness (QED) is 0.453. The van der Waals surface area contributed by atoms with Gasteiger partial charge in [0.1, 0.15) is 0 Å². The van der Waals surface area contributed by atoms with Crippen LogP contribution in [0.1, 0.15) is 11.1 Å². The molecule has 2 rings (SSSR count). The maximum absolute atomic E-state index is 11.8. The number of carbonyl (C=O) groups excluding carboxylic acids is 2. The zero-order valence-corrected chi connectivity index (χ0v) is 13.2. The summed E-state index contributed by atoms with van der Waals surface area (Å²) in [4.78, 5) is 23.5. The van der Waals surface area contributed by atoms with Crippen molar-refractivity contribution in [1.82, 2.24) is 5.43 Å². The van der Waals surface area contributed by atoms with E-state index in [1.165, 1.54) is 19.4 Å². The van der Waals surface area contributed by atoms with E-state index in [2.05, 4.69) is 15.8 Å². The molecule has 124 valence electrons. The number of aromatic hydroxyl groups is 1. The molecule has 0 radical (unpaired) electrons. The van der Waals surface area contributed by atoms with E-state index in [9.17, 15) is 14.7 Å². The highest BCUT2D eigenvalue weighted by molar-refractivity contribution is 6.39. The van der Waals surface area contributed by atoms with E-state index < -0.39 is 11.8 Å². The number of hydrazone groups is 1. The number of nitrogens with one attached hydrogen (secondary N) is 2. The molecule has 7 nitrogen and oxygen atoms in total. The fraction of sp³-hybridized carbons (Fsp3) is 0.118. The molecule has 0 heterocycles. The van der Waals surface area contributed by atoms with Gasteiger partial charge in [-0.1, -0.05) is 18.2 Å². The molecular formula is C17H17N3O4. The topological polar surface area (TPSA) is 100 Å². The number of methoxy groups -OCH3 is 1. The van der Waals surface area contributed by atoms with E-state index in [0.717, 1.165) is 5.56 Å². The highest BCUT2D eigenvalue weighted by Crippen LogP contribution is 2.25. The Balaban J connectivity index is 1.95. The summed E-state index contributed by atoms with van der Waals surface area (Å²) in [5.74, 6) is -1.43. The first kappa shape index (κ1) is 17.0. The van der Waals surface area contributed by atoms with Gasteiger partial charge in [-0.3, -0.25) is 9.59 Å². The van der Waals surface area contributed by atoms with Crippen LogP contribution in [-0.4, -0.2) is 30.2 Å². The average molecular weight is 327 g/mol. The molecular weight excluding hydrogens is 310 g/mol. The van der Waals surface area contributed by atoms with Crippen molar-refractivity contribution in [3.63, 3.8) is 0 Å². The van der Waals surface area contributed by atoms with Crippen molar-refractivity contribution in [1.29, 1.82) is 0 Å². The van der Waals surface area contributed by atoms with Crippen LogP contribution in [0, 0.1) is 6.92 Å². The predicted octanol–water partition coefficient (Wildman–Crippen LogP) is 1.80. The monoisotopic (exact) mass is 327 g/mol. The standard InChI is InChI=1S/C17H17N3O4/c1-11-5-3-4-6-13(11)19-16(22)17(23)20-18-10-12-7-8-14(21)15(9-12)24-2/h3-10,21H,1-2H3,(H,19,22)(H,20,23)/b18-10-. The van der Waals surface area contributed by atoms with Crippen molar-refractivity contribution >= 4 is 23.7 Å². The molecule has 0 saturated carbocycles. The summed E-state index contributed by atoms with van der Waals surface area (Å²) in [5, 5.41) is 15.7. The molecule has 2 aromatic rings. The first-order valence-electron chi connectivity index (χ1n) is 7.08. The number of para-hydroxylation sites is 1. The number of anilines is 1. The van der Waals surface area contributed by atoms with Crippen molar-refractivity contribution in [2.75, 3.05) is 12.4 Å². The molecule has 0 saturated heterocycles. The summed E-state index contributed by atoms with van der Waals surface area (Å²) >= 11 is 0. The minimum absolute atomic E-state index is 0.00343. The highest BCUT2D eigenvalue weighted by Gasteiger charge is 2.13. The number of rotatable bonds is 4. The zero-order valence-electron chi connectivity index (χ0n) is 13.2. The fourth-order valence-electron chi connectivity index (χ4n) is 1.88. The SMILES string of the molecule is COc1cc(/C=N\NC(=O)C(=O)Nc2ccccc2C)ccc1O. The number of ether oxygens (including phenoxy) is 1. The minimum atomic E-state index is -0.889. The van der Waals surface area contributed by atoms with E-state index in [1.54, 1.807) is 24.3 Å². The molecule has 0 unspecified atom stereocenters. The van der Waals surface area contributed by atoms with Gasteiger partial charge in [-0.15, -0.1) is 0 Å². The van der Waals surface area contributed by atoms with Gasteiger partial charge >= 0.3 is 11.8 Å². The molecule has 7 heteroatoms. The smallest absolute Gasteiger partial charge is 0.329 e. The van der Waals surface area contributed by atoms with Crippen LogP contribution in [0.2, 0.25) is 0 Å². The van der Waals surface area contributed by atoms with Crippen LogP contribution in [0.5, 0.6) is 11.5 Å². The number of benzene rings is 2. The molecule has 0 spiro atoms. The van der Waals surface area contributed by atoms with Crippen molar-refractivity contribution in [2.24, 2.45) is 5.10 Å². The van der Waals surface area contributed by atoms with Crippen molar-refractivity contribution < 1.29 is 19.4 Å². The maximum atomic E-state index is 11.8. The Kier molecular flexibility index (Phi) is 5.51. The molecule has 0 fully saturated rings. The lowest BCUT2D eigenvalue weighted by Crippen LogP contribution is -2.32. The molecule has 2 amide bonds. The molecule has 0 atom stereocenters. The van der Waals surface area contributed by atoms with Crippen LogP contribution in [-0.2, 0) is 9.59 Å². The van der Waals surface area contributed by atoms with Gasteiger partial charge in [-0.05, 0) is 42.3 Å². The van der Waals surface area contributed by atoms with E-state index >= 15 is 0 Å². The highest BCUT2D eigenvalue weighted by atomic mass is 16.5. The lowest BCUT2D eigenvalue weighted by molar-refractivity contribution is -0.136. The van der Waals surface area contributed by atoms with Gasteiger partial charge in [0, 0.05) is 5.69 Å². The van der Waals surface area contributed by atoms with Crippen molar-refractivity contribution in [2.45, 2.75) is 6.92 Å². The third-order valence-electron chi connectivity index (χ3n) is 3.18. The molecule has 0 aliphatic heterocycles. The summed E-state index contributed by atoms with van der Waals surface area (Å²) in [6.07, 6.45) is 1.33. The molecule has 3 N–H and O–H groups in total. The summed E-state index contributed by atoms with van der Waals surface area (Å²) in [5.41, 5.74) is 4.13. The second-order valence-corrected chi connectivity index (χ2v) is 4.90. The van der Waals surface area contributed by atoms with Crippen molar-refractivity contribution in [3.05, 3.63) is 53.6 Å². The van der Waals surface area contributed by atoms with Crippen LogP contribution in [0.4, 0.5) is 5.69 Å². The second kappa shape index (κ2) is 7.77. The average Bonchev–Trinajstić information content (AvgIpc) is 2.58. The van der Waals surface area contributed by atoms with Crippen LogP contribution in [0.3, 0.4) is 0 Å². The Labute approximate surface area is 139 Å². The van der Waals surface area contributed by atoms with Crippen LogP contribution >= 0.6 is 0 Å². The Morgan fingerprint density at radius 2 is 1.92 bits per heavy atom. The maximum Gasteiger partial charge on any atom is 0.329 e. The summed E-state index contributed by atoms with van der Waals surface area (Å²) in [6, 6.07) is 11.7. The Morgan fingerprint density at radius 3 is 2.62 bits per heavy atom. The number of nitrogens with zero attached hydrogens (tertiary/aromatic N) is 1. The third-order valence-corrected chi connectivity index (χ3v) is 3.18. The Hall–Kier alpha value is -3.35. The molecule has 0 aliphatic rings. The summed E-state index contributed by atoms with van der Waals surface area (Å²) in [7, 11) is 1.42. The summed E-state index contributed by atoms with van der Waals surface area (Å²) in [6.45, 7) is 1.82. The van der Waals surface area contributed by atoms with Gasteiger partial charge in [0.25, 0.3) is 0 Å². The Morgan fingerprint density at radius 1 is 1.17 bits per heavy atom. The normalized spacial score (nSPS) is 10.4. The lowest BCUT2D eigenvalue weighted by atomic mass is 10.2. The first-order valence-corrected chi connectivity index (χ1v) is 7.08. The van der Waals surface area contributed by atoms with E-state index in [1.807, 2.05) is 19.1 Å². The van der Waals surface area contributed by atoms with Gasteiger partial charge in [0.2, 0.25) is 0 Å². The van der Waals surface area contributed by atoms with E-state index in [0.29, 0.717) is 11.3 Å². The Bertz CT molecular complexity index is 787. The molecule has 0 aromatic heterocycles. The number of hydrogen-bond acceptors (Lipinski definition) is 5. The molecule has 2 aromatic carbocycles. The first-order chi connectivity index (χ1) is 11.5. The predicted molar refractivity (Wildman–Crippen MR) is 90.2 cm³/mol. The fourth-order valence-corrected chi connectivity index (χ4v) is 1.88. The van der Waals surface area contributed by atoms with Crippen LogP contribution in [0.25, 0.3) is 0 Å².